The third-order valence-electron chi connectivity index (χ3n) is 2.69. The summed E-state index contributed by atoms with van der Waals surface area (Å²) in [4.78, 5) is 0. The molecule has 0 unspecified atom stereocenters. The Balaban J connectivity index is 2.11. The summed E-state index contributed by atoms with van der Waals surface area (Å²) in [7, 11) is 0. The van der Waals surface area contributed by atoms with E-state index < -0.39 is 0 Å². The number of rotatable bonds is 3. The molecule has 18 heavy (non-hydrogen) atoms. The second-order valence-corrected chi connectivity index (χ2v) is 5.38. The molecule has 0 fully saturated rings. The average molecular weight is 327 g/mol. The number of hydrogen-bond donors (Lipinski definition) is 2. The molecule has 0 saturated heterocycles. The summed E-state index contributed by atoms with van der Waals surface area (Å²) in [6.45, 7) is 2.54. The number of aryl methyl sites for hydroxylation is 1. The topological polar surface area (TPSA) is 32.3 Å². The second-order valence-electron chi connectivity index (χ2n) is 4.09. The van der Waals surface area contributed by atoms with Crippen molar-refractivity contribution in [3.05, 3.63) is 57.0 Å². The van der Waals surface area contributed by atoms with Crippen molar-refractivity contribution < 1.29 is 5.11 Å². The van der Waals surface area contributed by atoms with Crippen LogP contribution in [0.15, 0.2) is 40.9 Å². The molecule has 0 radical (unpaired) electrons. The molecule has 4 heteroatoms. The van der Waals surface area contributed by atoms with E-state index in [4.69, 9.17) is 11.6 Å². The summed E-state index contributed by atoms with van der Waals surface area (Å²) >= 11 is 9.45. The maximum atomic E-state index is 9.46. The van der Waals surface area contributed by atoms with Crippen molar-refractivity contribution >= 4 is 33.2 Å². The van der Waals surface area contributed by atoms with Gasteiger partial charge < -0.3 is 10.4 Å². The number of benzene rings is 2. The predicted molar refractivity (Wildman–Crippen MR) is 79.3 cm³/mol. The first-order chi connectivity index (χ1) is 8.56. The molecule has 0 atom stereocenters. The van der Waals surface area contributed by atoms with E-state index in [0.717, 1.165) is 26.3 Å². The maximum absolute atomic E-state index is 9.46. The molecule has 2 N–H and O–H groups in total. The number of phenolic OH excluding ortho intramolecular Hbond substituents is 1. The van der Waals surface area contributed by atoms with Crippen LogP contribution in [0.1, 0.15) is 11.1 Å². The third-order valence-corrected chi connectivity index (χ3v) is 3.70. The van der Waals surface area contributed by atoms with Crippen molar-refractivity contribution in [2.75, 3.05) is 5.32 Å². The molecule has 0 aliphatic carbocycles. The van der Waals surface area contributed by atoms with Gasteiger partial charge in [-0.1, -0.05) is 27.5 Å². The Kier molecular flexibility index (Phi) is 4.15. The fraction of sp³-hybridized carbons (Fsp3) is 0.143. The van der Waals surface area contributed by atoms with Gasteiger partial charge in [-0.2, -0.15) is 0 Å². The lowest BCUT2D eigenvalue weighted by atomic mass is 10.2. The zero-order valence-corrected chi connectivity index (χ0v) is 12.2. The van der Waals surface area contributed by atoms with Crippen LogP contribution >= 0.6 is 27.5 Å². The van der Waals surface area contributed by atoms with Crippen LogP contribution < -0.4 is 5.32 Å². The second kappa shape index (κ2) is 5.63. The van der Waals surface area contributed by atoms with E-state index in [1.54, 1.807) is 6.07 Å². The summed E-state index contributed by atoms with van der Waals surface area (Å²) in [5.41, 5.74) is 2.91. The highest BCUT2D eigenvalue weighted by Gasteiger charge is 2.02. The molecule has 0 spiro atoms. The Labute approximate surface area is 120 Å². The van der Waals surface area contributed by atoms with Crippen LogP contribution in [0.2, 0.25) is 5.02 Å². The van der Waals surface area contributed by atoms with Crippen LogP contribution in [0.4, 0.5) is 5.69 Å². The molecule has 2 aromatic rings. The molecular weight excluding hydrogens is 314 g/mol. The van der Waals surface area contributed by atoms with E-state index in [0.29, 0.717) is 12.3 Å². The van der Waals surface area contributed by atoms with Crippen molar-refractivity contribution in [2.45, 2.75) is 13.5 Å². The molecule has 0 aliphatic rings. The van der Waals surface area contributed by atoms with E-state index in [1.807, 2.05) is 37.3 Å². The first kappa shape index (κ1) is 13.2. The number of aromatic hydroxyl groups is 1. The molecule has 0 heterocycles. The number of nitrogens with one attached hydrogen (secondary N) is 1. The van der Waals surface area contributed by atoms with E-state index >= 15 is 0 Å². The van der Waals surface area contributed by atoms with Crippen molar-refractivity contribution in [3.8, 4) is 5.75 Å². The van der Waals surface area contributed by atoms with Crippen LogP contribution in [0, 0.1) is 6.92 Å². The first-order valence-electron chi connectivity index (χ1n) is 5.53. The number of anilines is 1. The lowest BCUT2D eigenvalue weighted by Crippen LogP contribution is -2.00. The van der Waals surface area contributed by atoms with Gasteiger partial charge in [-0.05, 0) is 54.4 Å². The van der Waals surface area contributed by atoms with Gasteiger partial charge in [-0.15, -0.1) is 0 Å². The Morgan fingerprint density at radius 2 is 2.00 bits per heavy atom. The van der Waals surface area contributed by atoms with Gasteiger partial charge in [0.1, 0.15) is 5.75 Å². The lowest BCUT2D eigenvalue weighted by Gasteiger charge is -2.10. The van der Waals surface area contributed by atoms with Gasteiger partial charge in [0, 0.05) is 21.7 Å². The summed E-state index contributed by atoms with van der Waals surface area (Å²) in [6, 6.07) is 11.1. The normalized spacial score (nSPS) is 10.4. The molecule has 0 saturated carbocycles. The van der Waals surface area contributed by atoms with Crippen molar-refractivity contribution in [2.24, 2.45) is 0 Å². The largest absolute Gasteiger partial charge is 0.508 e. The fourth-order valence-corrected chi connectivity index (χ4v) is 2.22. The third kappa shape index (κ3) is 3.18. The first-order valence-corrected chi connectivity index (χ1v) is 6.71. The highest BCUT2D eigenvalue weighted by molar-refractivity contribution is 9.10. The summed E-state index contributed by atoms with van der Waals surface area (Å²) < 4.78 is 1.02. The van der Waals surface area contributed by atoms with Gasteiger partial charge in [0.25, 0.3) is 0 Å². The Bertz CT molecular complexity index is 572. The average Bonchev–Trinajstić information content (AvgIpc) is 2.34. The summed E-state index contributed by atoms with van der Waals surface area (Å²) in [6.07, 6.45) is 0. The van der Waals surface area contributed by atoms with Crippen molar-refractivity contribution in [1.29, 1.82) is 0 Å². The van der Waals surface area contributed by atoms with Gasteiger partial charge in [-0.25, -0.2) is 0 Å². The number of halogens is 2. The monoisotopic (exact) mass is 325 g/mol. The lowest BCUT2D eigenvalue weighted by molar-refractivity contribution is 0.471. The molecule has 0 bridgehead atoms. The minimum Gasteiger partial charge on any atom is -0.508 e. The Morgan fingerprint density at radius 3 is 2.72 bits per heavy atom. The van der Waals surface area contributed by atoms with E-state index in [2.05, 4.69) is 21.2 Å². The highest BCUT2D eigenvalue weighted by atomic mass is 79.9. The molecule has 2 aromatic carbocycles. The highest BCUT2D eigenvalue weighted by Crippen LogP contribution is 2.24. The molecule has 2 rings (SSSR count). The SMILES string of the molecule is Cc1cc(NCc2cc(Cl)ccc2Br)ccc1O. The van der Waals surface area contributed by atoms with E-state index in [1.165, 1.54) is 0 Å². The van der Waals surface area contributed by atoms with Crippen LogP contribution in [0.3, 0.4) is 0 Å². The smallest absolute Gasteiger partial charge is 0.118 e. The van der Waals surface area contributed by atoms with Crippen LogP contribution in [0.25, 0.3) is 0 Å². The molecule has 0 aromatic heterocycles. The standard InChI is InChI=1S/C14H13BrClNO/c1-9-6-12(3-5-14(9)18)17-8-10-7-11(16)2-4-13(10)15/h2-7,17-18H,8H2,1H3. The van der Waals surface area contributed by atoms with E-state index in [9.17, 15) is 5.11 Å². The number of hydrogen-bond acceptors (Lipinski definition) is 2. The van der Waals surface area contributed by atoms with Gasteiger partial charge in [0.05, 0.1) is 0 Å². The Morgan fingerprint density at radius 1 is 1.22 bits per heavy atom. The number of phenols is 1. The quantitative estimate of drug-likeness (QED) is 0.799. The van der Waals surface area contributed by atoms with E-state index in [-0.39, 0.29) is 0 Å². The minimum atomic E-state index is 0.310. The minimum absolute atomic E-state index is 0.310. The van der Waals surface area contributed by atoms with Gasteiger partial charge >= 0.3 is 0 Å². The maximum Gasteiger partial charge on any atom is 0.118 e. The van der Waals surface area contributed by atoms with Gasteiger partial charge in [-0.3, -0.25) is 0 Å². The fourth-order valence-electron chi connectivity index (χ4n) is 1.64. The molecule has 94 valence electrons. The van der Waals surface area contributed by atoms with Gasteiger partial charge in [0.2, 0.25) is 0 Å². The zero-order valence-electron chi connectivity index (χ0n) is 9.87. The summed E-state index contributed by atoms with van der Waals surface area (Å²) in [5.74, 6) is 0.310. The predicted octanol–water partition coefficient (Wildman–Crippen LogP) is 4.73. The van der Waals surface area contributed by atoms with Crippen LogP contribution in [-0.4, -0.2) is 5.11 Å². The Hall–Kier alpha value is -1.19. The molecular formula is C14H13BrClNO. The molecule has 0 aliphatic heterocycles. The molecule has 2 nitrogen and oxygen atoms in total. The van der Waals surface area contributed by atoms with Crippen LogP contribution in [-0.2, 0) is 6.54 Å². The van der Waals surface area contributed by atoms with Gasteiger partial charge in [0.15, 0.2) is 0 Å². The summed E-state index contributed by atoms with van der Waals surface area (Å²) in [5, 5.41) is 13.5. The molecule has 0 amide bonds. The van der Waals surface area contributed by atoms with Crippen LogP contribution in [0.5, 0.6) is 5.75 Å². The van der Waals surface area contributed by atoms with Crippen molar-refractivity contribution in [1.82, 2.24) is 0 Å². The van der Waals surface area contributed by atoms with Crippen molar-refractivity contribution in [3.63, 3.8) is 0 Å². The zero-order chi connectivity index (χ0) is 13.1.